The minimum absolute atomic E-state index is 0.0694. The molecule has 35 heavy (non-hydrogen) atoms. The van der Waals surface area contributed by atoms with E-state index in [4.69, 9.17) is 4.74 Å². The molecule has 3 unspecified atom stereocenters. The molecule has 0 bridgehead atoms. The molecule has 2 aromatic rings. The zero-order valence-corrected chi connectivity index (χ0v) is 21.0. The van der Waals surface area contributed by atoms with Crippen molar-refractivity contribution in [3.63, 3.8) is 0 Å². The van der Waals surface area contributed by atoms with Crippen LogP contribution in [0.2, 0.25) is 0 Å². The number of nitrogens with zero attached hydrogens (tertiary/aromatic N) is 2. The summed E-state index contributed by atoms with van der Waals surface area (Å²) in [5, 5.41) is 9.71. The first kappa shape index (κ1) is 25.2. The Morgan fingerprint density at radius 2 is 2.09 bits per heavy atom. The molecule has 1 heterocycles. The lowest BCUT2D eigenvalue weighted by Crippen LogP contribution is -2.55. The van der Waals surface area contributed by atoms with Crippen LogP contribution in [-0.2, 0) is 10.2 Å². The van der Waals surface area contributed by atoms with E-state index in [1.807, 2.05) is 30.3 Å². The van der Waals surface area contributed by atoms with Crippen molar-refractivity contribution >= 4 is 12.0 Å². The molecule has 1 aliphatic heterocycles. The van der Waals surface area contributed by atoms with Gasteiger partial charge in [-0.3, -0.25) is 14.6 Å². The first-order valence-corrected chi connectivity index (χ1v) is 12.7. The number of piperidine rings is 1. The molecular formula is C30H38N2O3. The maximum atomic E-state index is 11.6. The van der Waals surface area contributed by atoms with Gasteiger partial charge >= 0.3 is 5.97 Å². The molecular weight excluding hydrogens is 436 g/mol. The number of esters is 1. The Kier molecular flexibility index (Phi) is 8.09. The van der Waals surface area contributed by atoms with Crippen molar-refractivity contribution < 1.29 is 14.6 Å². The molecule has 3 atom stereocenters. The summed E-state index contributed by atoms with van der Waals surface area (Å²) >= 11 is 0. The number of likely N-dealkylation sites (N-methyl/N-ethyl adjacent to an activating group) is 1. The molecule has 4 rings (SSSR count). The molecule has 5 heteroatoms. The number of carbonyl (C=O) groups excluding carboxylic acids is 1. The molecule has 0 aromatic heterocycles. The number of fused-ring (bicyclic) bond motifs is 1. The second kappa shape index (κ2) is 11.2. The van der Waals surface area contributed by atoms with Gasteiger partial charge in [0, 0.05) is 38.0 Å². The molecule has 1 saturated carbocycles. The van der Waals surface area contributed by atoms with Crippen LogP contribution in [0.5, 0.6) is 11.5 Å². The highest BCUT2D eigenvalue weighted by Gasteiger charge is 2.48. The Balaban J connectivity index is 1.54. The van der Waals surface area contributed by atoms with E-state index in [0.717, 1.165) is 44.6 Å². The molecule has 0 spiro atoms. The smallest absolute Gasteiger partial charge is 0.308 e. The van der Waals surface area contributed by atoms with E-state index < -0.39 is 0 Å². The number of hydrogen-bond acceptors (Lipinski definition) is 5. The second-order valence-electron chi connectivity index (χ2n) is 10.1. The van der Waals surface area contributed by atoms with E-state index in [1.54, 1.807) is 12.1 Å². The number of hydrogen-bond donors (Lipinski definition) is 1. The van der Waals surface area contributed by atoms with Gasteiger partial charge in [0.1, 0.15) is 11.5 Å². The fourth-order valence-electron chi connectivity index (χ4n) is 6.08. The molecule has 0 radical (unpaired) electrons. The monoisotopic (exact) mass is 474 g/mol. The van der Waals surface area contributed by atoms with Gasteiger partial charge < -0.3 is 9.84 Å². The van der Waals surface area contributed by atoms with E-state index in [0.29, 0.717) is 23.5 Å². The van der Waals surface area contributed by atoms with Crippen LogP contribution in [0.4, 0.5) is 0 Å². The lowest BCUT2D eigenvalue weighted by Gasteiger charge is -2.54. The minimum atomic E-state index is -0.281. The summed E-state index contributed by atoms with van der Waals surface area (Å²) in [7, 11) is 2.22. The third-order valence-corrected chi connectivity index (χ3v) is 7.84. The third kappa shape index (κ3) is 6.03. The third-order valence-electron chi connectivity index (χ3n) is 7.84. The van der Waals surface area contributed by atoms with Gasteiger partial charge in [-0.05, 0) is 80.6 Å². The number of likely N-dealkylation sites (tertiary alicyclic amines) is 1. The van der Waals surface area contributed by atoms with Crippen molar-refractivity contribution in [1.82, 2.24) is 9.80 Å². The van der Waals surface area contributed by atoms with E-state index >= 15 is 0 Å². The standard InChI is InChI=1S/C30H38N2O3/c1-4-16-32-18-15-30(25-10-6-12-29(20-25)35-23(2)33)21-27(14-13-26(30)22-32)31(3)17-7-9-24-8-5-11-28(34)19-24/h4-12,19-20,26-27,34H,1,13-18,21-22H2,2-3H3/b9-7+. The maximum absolute atomic E-state index is 11.6. The highest BCUT2D eigenvalue weighted by atomic mass is 16.5. The average Bonchev–Trinajstić information content (AvgIpc) is 2.83. The van der Waals surface area contributed by atoms with Crippen LogP contribution in [0.25, 0.3) is 6.08 Å². The van der Waals surface area contributed by atoms with Crippen molar-refractivity contribution in [2.75, 3.05) is 33.2 Å². The summed E-state index contributed by atoms with van der Waals surface area (Å²) in [5.41, 5.74) is 2.38. The topological polar surface area (TPSA) is 53.0 Å². The van der Waals surface area contributed by atoms with Crippen LogP contribution < -0.4 is 4.74 Å². The lowest BCUT2D eigenvalue weighted by molar-refractivity contribution is -0.131. The number of aromatic hydroxyl groups is 1. The van der Waals surface area contributed by atoms with Crippen LogP contribution >= 0.6 is 0 Å². The molecule has 0 amide bonds. The number of phenols is 1. The van der Waals surface area contributed by atoms with Crippen LogP contribution in [0.15, 0.2) is 67.3 Å². The van der Waals surface area contributed by atoms with E-state index in [2.05, 4.69) is 47.7 Å². The van der Waals surface area contributed by atoms with Gasteiger partial charge in [-0.15, -0.1) is 6.58 Å². The number of ether oxygens (including phenoxy) is 1. The molecule has 2 fully saturated rings. The Morgan fingerprint density at radius 1 is 1.26 bits per heavy atom. The minimum Gasteiger partial charge on any atom is -0.508 e. The van der Waals surface area contributed by atoms with Crippen molar-refractivity contribution in [2.24, 2.45) is 5.92 Å². The fraction of sp³-hybridized carbons (Fsp3) is 0.433. The van der Waals surface area contributed by atoms with Gasteiger partial charge in [-0.1, -0.05) is 42.5 Å². The predicted molar refractivity (Wildman–Crippen MR) is 142 cm³/mol. The zero-order chi connectivity index (χ0) is 24.8. The van der Waals surface area contributed by atoms with Gasteiger partial charge in [0.2, 0.25) is 0 Å². The van der Waals surface area contributed by atoms with Gasteiger partial charge in [0.05, 0.1) is 0 Å². The number of phenolic OH excluding ortho intramolecular Hbond substituents is 1. The van der Waals surface area contributed by atoms with E-state index in [9.17, 15) is 9.90 Å². The summed E-state index contributed by atoms with van der Waals surface area (Å²) in [6, 6.07) is 16.1. The summed E-state index contributed by atoms with van der Waals surface area (Å²) < 4.78 is 5.46. The second-order valence-corrected chi connectivity index (χ2v) is 10.1. The van der Waals surface area contributed by atoms with Gasteiger partial charge in [-0.25, -0.2) is 0 Å². The molecule has 2 aromatic carbocycles. The largest absolute Gasteiger partial charge is 0.508 e. The quantitative estimate of drug-likeness (QED) is 0.321. The van der Waals surface area contributed by atoms with Gasteiger partial charge in [-0.2, -0.15) is 0 Å². The van der Waals surface area contributed by atoms with Crippen molar-refractivity contribution in [3.8, 4) is 11.5 Å². The first-order valence-electron chi connectivity index (χ1n) is 12.7. The van der Waals surface area contributed by atoms with E-state index in [1.165, 1.54) is 25.3 Å². The van der Waals surface area contributed by atoms with Crippen LogP contribution in [0, 0.1) is 5.92 Å². The summed E-state index contributed by atoms with van der Waals surface area (Å²) in [5.74, 6) is 1.22. The Labute approximate surface area is 209 Å². The lowest BCUT2D eigenvalue weighted by atomic mass is 9.58. The van der Waals surface area contributed by atoms with Crippen LogP contribution in [-0.4, -0.2) is 60.1 Å². The molecule has 1 saturated heterocycles. The summed E-state index contributed by atoms with van der Waals surface area (Å²) in [6.07, 6.45) is 10.8. The highest BCUT2D eigenvalue weighted by Crippen LogP contribution is 2.50. The van der Waals surface area contributed by atoms with Crippen LogP contribution in [0.1, 0.15) is 43.7 Å². The Hall–Kier alpha value is -2.89. The predicted octanol–water partition coefficient (Wildman–Crippen LogP) is 5.26. The average molecular weight is 475 g/mol. The Morgan fingerprint density at radius 3 is 2.86 bits per heavy atom. The molecule has 2 aliphatic rings. The van der Waals surface area contributed by atoms with Crippen molar-refractivity contribution in [3.05, 3.63) is 78.4 Å². The number of rotatable bonds is 8. The SMILES string of the molecule is C=CCN1CCC2(c3cccc(OC(C)=O)c3)CC(N(C)C/C=C/c3cccc(O)c3)CCC2C1. The number of carbonyl (C=O) groups is 1. The van der Waals surface area contributed by atoms with Gasteiger partial charge in [0.15, 0.2) is 0 Å². The zero-order valence-electron chi connectivity index (χ0n) is 21.0. The van der Waals surface area contributed by atoms with Crippen LogP contribution in [0.3, 0.4) is 0 Å². The molecule has 5 nitrogen and oxygen atoms in total. The number of benzene rings is 2. The summed E-state index contributed by atoms with van der Waals surface area (Å²) in [6.45, 7) is 9.33. The first-order chi connectivity index (χ1) is 16.9. The Bertz CT molecular complexity index is 1070. The van der Waals surface area contributed by atoms with Crippen molar-refractivity contribution in [1.29, 1.82) is 0 Å². The normalized spacial score (nSPS) is 24.9. The molecule has 186 valence electrons. The molecule has 1 N–H and O–H groups in total. The van der Waals surface area contributed by atoms with Gasteiger partial charge in [0.25, 0.3) is 0 Å². The fourth-order valence-corrected chi connectivity index (χ4v) is 6.08. The highest BCUT2D eigenvalue weighted by molar-refractivity contribution is 5.69. The molecule has 1 aliphatic carbocycles. The maximum Gasteiger partial charge on any atom is 0.308 e. The van der Waals surface area contributed by atoms with E-state index in [-0.39, 0.29) is 11.4 Å². The van der Waals surface area contributed by atoms with Crippen molar-refractivity contribution in [2.45, 2.75) is 44.1 Å². The summed E-state index contributed by atoms with van der Waals surface area (Å²) in [4.78, 5) is 16.6.